The third-order valence-electron chi connectivity index (χ3n) is 1.43. The predicted octanol–water partition coefficient (Wildman–Crippen LogP) is 2.29. The van der Waals surface area contributed by atoms with Crippen LogP contribution in [0, 0.1) is 6.92 Å². The minimum Gasteiger partial charge on any atom is -0.343 e. The second kappa shape index (κ2) is 3.85. The number of fused-ring (bicyclic) bond motifs is 1. The van der Waals surface area contributed by atoms with Gasteiger partial charge in [-0.3, -0.25) is 0 Å². The van der Waals surface area contributed by atoms with Gasteiger partial charge in [-0.1, -0.05) is 13.8 Å². The Morgan fingerprint density at radius 3 is 2.75 bits per heavy atom. The molecule has 0 aliphatic carbocycles. The van der Waals surface area contributed by atoms with E-state index in [1.165, 1.54) is 6.33 Å². The number of aromatic amines is 1. The Kier molecular flexibility index (Phi) is 2.80. The van der Waals surface area contributed by atoms with Crippen molar-refractivity contribution in [3.05, 3.63) is 24.3 Å². The molecule has 2 aromatic heterocycles. The summed E-state index contributed by atoms with van der Waals surface area (Å²) in [5.41, 5.74) is 2.03. The first-order chi connectivity index (χ1) is 5.86. The summed E-state index contributed by atoms with van der Waals surface area (Å²) in [6.07, 6.45) is 3.34. The van der Waals surface area contributed by atoms with Crippen molar-refractivity contribution in [2.75, 3.05) is 0 Å². The number of hydrogen-bond donors (Lipinski definition) is 1. The van der Waals surface area contributed by atoms with Crippen LogP contribution in [-0.4, -0.2) is 15.0 Å². The molecule has 2 rings (SSSR count). The summed E-state index contributed by atoms with van der Waals surface area (Å²) < 4.78 is 0. The summed E-state index contributed by atoms with van der Waals surface area (Å²) in [6, 6.07) is 2.02. The average Bonchev–Trinajstić information content (AvgIpc) is 2.48. The van der Waals surface area contributed by atoms with Gasteiger partial charge in [0.1, 0.15) is 12.0 Å². The fraction of sp³-hybridized carbons (Fsp3) is 0.333. The third kappa shape index (κ3) is 1.61. The molecule has 0 atom stereocenters. The van der Waals surface area contributed by atoms with Crippen molar-refractivity contribution in [1.82, 2.24) is 15.0 Å². The van der Waals surface area contributed by atoms with Crippen LogP contribution in [0.3, 0.4) is 0 Å². The van der Waals surface area contributed by atoms with E-state index in [0.29, 0.717) is 0 Å². The van der Waals surface area contributed by atoms with Crippen LogP contribution < -0.4 is 0 Å². The highest BCUT2D eigenvalue weighted by molar-refractivity contribution is 5.74. The maximum Gasteiger partial charge on any atom is 0.140 e. The molecule has 3 nitrogen and oxygen atoms in total. The number of aryl methyl sites for hydroxylation is 1. The molecule has 0 aromatic carbocycles. The zero-order valence-corrected chi connectivity index (χ0v) is 7.63. The van der Waals surface area contributed by atoms with Crippen LogP contribution in [0.25, 0.3) is 11.0 Å². The molecule has 0 unspecified atom stereocenters. The van der Waals surface area contributed by atoms with E-state index >= 15 is 0 Å². The molecular weight excluding hydrogens is 150 g/mol. The fourth-order valence-electron chi connectivity index (χ4n) is 1.01. The van der Waals surface area contributed by atoms with Crippen molar-refractivity contribution in [2.24, 2.45) is 0 Å². The van der Waals surface area contributed by atoms with Gasteiger partial charge in [-0.25, -0.2) is 9.97 Å². The van der Waals surface area contributed by atoms with Crippen LogP contribution in [0.2, 0.25) is 0 Å². The van der Waals surface area contributed by atoms with Gasteiger partial charge >= 0.3 is 0 Å². The van der Waals surface area contributed by atoms with E-state index in [1.54, 1.807) is 6.20 Å². The molecular formula is C9H13N3. The lowest BCUT2D eigenvalue weighted by molar-refractivity contribution is 1.18. The van der Waals surface area contributed by atoms with Gasteiger partial charge in [0.2, 0.25) is 0 Å². The monoisotopic (exact) mass is 163 g/mol. The quantitative estimate of drug-likeness (QED) is 0.647. The molecule has 0 fully saturated rings. The van der Waals surface area contributed by atoms with Gasteiger partial charge in [0.05, 0.1) is 0 Å². The molecule has 12 heavy (non-hydrogen) atoms. The highest BCUT2D eigenvalue weighted by atomic mass is 14.9. The number of aromatic nitrogens is 3. The highest BCUT2D eigenvalue weighted by Gasteiger charge is 1.94. The maximum atomic E-state index is 4.04. The Labute approximate surface area is 71.9 Å². The van der Waals surface area contributed by atoms with Crippen molar-refractivity contribution in [2.45, 2.75) is 20.8 Å². The molecule has 2 heterocycles. The molecule has 0 saturated heterocycles. The normalized spacial score (nSPS) is 9.25. The van der Waals surface area contributed by atoms with Crippen LogP contribution in [-0.2, 0) is 0 Å². The molecule has 0 spiro atoms. The largest absolute Gasteiger partial charge is 0.343 e. The second-order valence-electron chi connectivity index (χ2n) is 2.28. The molecule has 2 aromatic rings. The van der Waals surface area contributed by atoms with Gasteiger partial charge in [0.25, 0.3) is 0 Å². The van der Waals surface area contributed by atoms with Crippen molar-refractivity contribution < 1.29 is 0 Å². The summed E-state index contributed by atoms with van der Waals surface area (Å²) in [7, 11) is 0. The standard InChI is InChI=1S/C7H7N3.C2H6/c1-5-2-6-3-8-4-9-7(6)10-5;1-2/h2-4H,1H3,(H,8,9,10);1-2H3. The summed E-state index contributed by atoms with van der Waals surface area (Å²) in [6.45, 7) is 6.00. The van der Waals surface area contributed by atoms with E-state index in [9.17, 15) is 0 Å². The molecule has 0 aliphatic rings. The van der Waals surface area contributed by atoms with Crippen molar-refractivity contribution in [1.29, 1.82) is 0 Å². The lowest BCUT2D eigenvalue weighted by atomic mass is 10.4. The van der Waals surface area contributed by atoms with E-state index in [4.69, 9.17) is 0 Å². The molecule has 0 radical (unpaired) electrons. The number of hydrogen-bond acceptors (Lipinski definition) is 2. The zero-order chi connectivity index (χ0) is 8.97. The third-order valence-corrected chi connectivity index (χ3v) is 1.43. The van der Waals surface area contributed by atoms with Crippen LogP contribution in [0.5, 0.6) is 0 Å². The van der Waals surface area contributed by atoms with Crippen molar-refractivity contribution in [3.8, 4) is 0 Å². The van der Waals surface area contributed by atoms with Gasteiger partial charge in [-0.2, -0.15) is 0 Å². The zero-order valence-electron chi connectivity index (χ0n) is 7.63. The summed E-state index contributed by atoms with van der Waals surface area (Å²) in [5.74, 6) is 0. The fourth-order valence-corrected chi connectivity index (χ4v) is 1.01. The molecule has 1 N–H and O–H groups in total. The number of rotatable bonds is 0. The first-order valence-corrected chi connectivity index (χ1v) is 4.11. The van der Waals surface area contributed by atoms with Crippen molar-refractivity contribution in [3.63, 3.8) is 0 Å². The SMILES string of the molecule is CC.Cc1cc2cncnc2[nH]1. The second-order valence-corrected chi connectivity index (χ2v) is 2.28. The van der Waals surface area contributed by atoms with Gasteiger partial charge in [0, 0.05) is 17.3 Å². The molecule has 0 aliphatic heterocycles. The smallest absolute Gasteiger partial charge is 0.140 e. The van der Waals surface area contributed by atoms with Gasteiger partial charge < -0.3 is 4.98 Å². The van der Waals surface area contributed by atoms with Gasteiger partial charge in [-0.05, 0) is 13.0 Å². The van der Waals surface area contributed by atoms with E-state index in [1.807, 2.05) is 26.8 Å². The summed E-state index contributed by atoms with van der Waals surface area (Å²) in [5, 5.41) is 1.07. The van der Waals surface area contributed by atoms with Crippen LogP contribution >= 0.6 is 0 Å². The first-order valence-electron chi connectivity index (χ1n) is 4.11. The minimum absolute atomic E-state index is 0.910. The minimum atomic E-state index is 0.910. The lowest BCUT2D eigenvalue weighted by Crippen LogP contribution is -1.76. The predicted molar refractivity (Wildman–Crippen MR) is 50.0 cm³/mol. The van der Waals surface area contributed by atoms with E-state index < -0.39 is 0 Å². The summed E-state index contributed by atoms with van der Waals surface area (Å²) in [4.78, 5) is 11.0. The average molecular weight is 163 g/mol. The van der Waals surface area contributed by atoms with E-state index in [2.05, 4.69) is 15.0 Å². The van der Waals surface area contributed by atoms with E-state index in [-0.39, 0.29) is 0 Å². The topological polar surface area (TPSA) is 41.6 Å². The molecule has 0 amide bonds. The highest BCUT2D eigenvalue weighted by Crippen LogP contribution is 2.08. The first kappa shape index (κ1) is 8.71. The number of nitrogens with one attached hydrogen (secondary N) is 1. The Morgan fingerprint density at radius 2 is 2.08 bits per heavy atom. The molecule has 0 saturated carbocycles. The Hall–Kier alpha value is -1.38. The van der Waals surface area contributed by atoms with Crippen LogP contribution in [0.15, 0.2) is 18.6 Å². The van der Waals surface area contributed by atoms with Crippen LogP contribution in [0.1, 0.15) is 19.5 Å². The summed E-state index contributed by atoms with van der Waals surface area (Å²) >= 11 is 0. The Bertz CT molecular complexity index is 318. The number of nitrogens with zero attached hydrogens (tertiary/aromatic N) is 2. The van der Waals surface area contributed by atoms with Gasteiger partial charge in [-0.15, -0.1) is 0 Å². The number of H-pyrrole nitrogens is 1. The Balaban J connectivity index is 0.000000336. The molecule has 3 heteroatoms. The van der Waals surface area contributed by atoms with Gasteiger partial charge in [0.15, 0.2) is 0 Å². The Morgan fingerprint density at radius 1 is 1.33 bits per heavy atom. The lowest BCUT2D eigenvalue weighted by Gasteiger charge is -1.82. The van der Waals surface area contributed by atoms with Crippen LogP contribution in [0.4, 0.5) is 0 Å². The molecule has 0 bridgehead atoms. The maximum absolute atomic E-state index is 4.04. The molecule has 64 valence electrons. The van der Waals surface area contributed by atoms with E-state index in [0.717, 1.165) is 16.7 Å². The van der Waals surface area contributed by atoms with Crippen molar-refractivity contribution >= 4 is 11.0 Å².